The first kappa shape index (κ1) is 14.0. The molecule has 1 heterocycles. The minimum atomic E-state index is -0.0259. The molecule has 0 spiro atoms. The van der Waals surface area contributed by atoms with Crippen molar-refractivity contribution in [3.63, 3.8) is 0 Å². The van der Waals surface area contributed by atoms with E-state index in [1.807, 2.05) is 0 Å². The molecule has 0 radical (unpaired) electrons. The maximum atomic E-state index is 8.76. The zero-order valence-electron chi connectivity index (χ0n) is 10.5. The summed E-state index contributed by atoms with van der Waals surface area (Å²) in [5.41, 5.74) is 6.08. The monoisotopic (exact) mass is 284 g/mol. The average Bonchev–Trinajstić information content (AvgIpc) is 2.46. The van der Waals surface area contributed by atoms with Crippen LogP contribution < -0.4 is 10.5 Å². The number of rotatable bonds is 4. The Hall–Kier alpha value is -1.46. The lowest BCUT2D eigenvalue weighted by atomic mass is 10.1. The van der Waals surface area contributed by atoms with Crippen molar-refractivity contribution in [3.8, 4) is 5.75 Å². The van der Waals surface area contributed by atoms with Crippen LogP contribution in [-0.2, 0) is 4.74 Å². The van der Waals surface area contributed by atoms with Gasteiger partial charge in [-0.2, -0.15) is 0 Å². The van der Waals surface area contributed by atoms with Gasteiger partial charge in [-0.25, -0.2) is 0 Å². The highest BCUT2D eigenvalue weighted by molar-refractivity contribution is 6.31. The van der Waals surface area contributed by atoms with E-state index in [9.17, 15) is 0 Å². The van der Waals surface area contributed by atoms with Crippen molar-refractivity contribution in [1.82, 2.24) is 0 Å². The molecule has 0 aromatic heterocycles. The number of hydrogen-bond donors (Lipinski definition) is 2. The lowest BCUT2D eigenvalue weighted by Crippen LogP contribution is -2.26. The van der Waals surface area contributed by atoms with Gasteiger partial charge >= 0.3 is 0 Å². The Labute approximate surface area is 116 Å². The summed E-state index contributed by atoms with van der Waals surface area (Å²) in [6.45, 7) is 1.23. The Morgan fingerprint density at radius 3 is 3.05 bits per heavy atom. The zero-order chi connectivity index (χ0) is 13.7. The van der Waals surface area contributed by atoms with Gasteiger partial charge in [-0.15, -0.1) is 0 Å². The van der Waals surface area contributed by atoms with Crippen LogP contribution in [0.3, 0.4) is 0 Å². The number of hydrogen-bond acceptors (Lipinski definition) is 4. The summed E-state index contributed by atoms with van der Waals surface area (Å²) < 4.78 is 11.3. The second-order valence-corrected chi connectivity index (χ2v) is 4.86. The third-order valence-electron chi connectivity index (χ3n) is 3.02. The summed E-state index contributed by atoms with van der Waals surface area (Å²) in [6, 6.07) is 5.01. The lowest BCUT2D eigenvalue weighted by Gasteiger charge is -2.23. The minimum absolute atomic E-state index is 0.0259. The molecule has 5 nitrogen and oxygen atoms in total. The van der Waals surface area contributed by atoms with E-state index in [0.717, 1.165) is 25.9 Å². The van der Waals surface area contributed by atoms with Crippen LogP contribution in [0.4, 0.5) is 0 Å². The number of ether oxygens (including phenoxy) is 2. The fourth-order valence-corrected chi connectivity index (χ4v) is 2.18. The second kappa shape index (κ2) is 6.63. The van der Waals surface area contributed by atoms with Gasteiger partial charge in [0, 0.05) is 11.6 Å². The highest BCUT2D eigenvalue weighted by Gasteiger charge is 2.16. The molecule has 1 aliphatic heterocycles. The van der Waals surface area contributed by atoms with E-state index >= 15 is 0 Å². The second-order valence-electron chi connectivity index (χ2n) is 4.43. The molecule has 104 valence electrons. The molecule has 1 aromatic carbocycles. The molecule has 0 amide bonds. The predicted molar refractivity (Wildman–Crippen MR) is 73.0 cm³/mol. The van der Waals surface area contributed by atoms with Gasteiger partial charge in [-0.1, -0.05) is 16.8 Å². The standard InChI is InChI=1S/C13H17ClN2O3/c14-9-4-5-12(11(7-9)13(15)16-17)19-8-10-3-1-2-6-18-10/h4-5,7,10,17H,1-3,6,8H2,(H2,15,16). The Balaban J connectivity index is 2.06. The van der Waals surface area contributed by atoms with Crippen LogP contribution in [0.1, 0.15) is 24.8 Å². The summed E-state index contributed by atoms with van der Waals surface area (Å²) in [5.74, 6) is 0.510. The van der Waals surface area contributed by atoms with Crippen molar-refractivity contribution in [1.29, 1.82) is 0 Å². The zero-order valence-corrected chi connectivity index (χ0v) is 11.3. The van der Waals surface area contributed by atoms with Crippen LogP contribution in [0.25, 0.3) is 0 Å². The van der Waals surface area contributed by atoms with Crippen molar-refractivity contribution in [2.24, 2.45) is 10.9 Å². The third kappa shape index (κ3) is 3.75. The van der Waals surface area contributed by atoms with E-state index in [1.54, 1.807) is 18.2 Å². The van der Waals surface area contributed by atoms with Crippen LogP contribution >= 0.6 is 11.6 Å². The Morgan fingerprint density at radius 2 is 2.37 bits per heavy atom. The van der Waals surface area contributed by atoms with Crippen LogP contribution in [0, 0.1) is 0 Å². The van der Waals surface area contributed by atoms with Gasteiger partial charge in [0.2, 0.25) is 0 Å². The molecule has 1 aromatic rings. The summed E-state index contributed by atoms with van der Waals surface area (Å²) in [7, 11) is 0. The van der Waals surface area contributed by atoms with Gasteiger partial charge in [0.1, 0.15) is 12.4 Å². The van der Waals surface area contributed by atoms with E-state index in [-0.39, 0.29) is 11.9 Å². The molecular formula is C13H17ClN2O3. The van der Waals surface area contributed by atoms with Gasteiger partial charge in [0.15, 0.2) is 5.84 Å². The fourth-order valence-electron chi connectivity index (χ4n) is 2.00. The smallest absolute Gasteiger partial charge is 0.173 e. The van der Waals surface area contributed by atoms with E-state index in [2.05, 4.69) is 5.16 Å². The van der Waals surface area contributed by atoms with E-state index < -0.39 is 0 Å². The third-order valence-corrected chi connectivity index (χ3v) is 3.26. The molecule has 3 N–H and O–H groups in total. The van der Waals surface area contributed by atoms with Gasteiger partial charge in [-0.05, 0) is 37.5 Å². The normalized spacial score (nSPS) is 20.3. The van der Waals surface area contributed by atoms with Crippen molar-refractivity contribution < 1.29 is 14.7 Å². The molecule has 19 heavy (non-hydrogen) atoms. The Morgan fingerprint density at radius 1 is 1.53 bits per heavy atom. The number of benzene rings is 1. The summed E-state index contributed by atoms with van der Waals surface area (Å²) in [6.07, 6.45) is 3.35. The van der Waals surface area contributed by atoms with Gasteiger partial charge in [0.05, 0.1) is 11.7 Å². The van der Waals surface area contributed by atoms with E-state index in [0.29, 0.717) is 22.9 Å². The van der Waals surface area contributed by atoms with Crippen LogP contribution in [0.15, 0.2) is 23.4 Å². The SMILES string of the molecule is NC(=NO)c1cc(Cl)ccc1OCC1CCCCO1. The molecule has 1 atom stereocenters. The molecular weight excluding hydrogens is 268 g/mol. The largest absolute Gasteiger partial charge is 0.490 e. The number of nitrogens with zero attached hydrogens (tertiary/aromatic N) is 1. The maximum absolute atomic E-state index is 8.76. The predicted octanol–water partition coefficient (Wildman–Crippen LogP) is 2.38. The number of oxime groups is 1. The first-order valence-corrected chi connectivity index (χ1v) is 6.60. The number of amidine groups is 1. The topological polar surface area (TPSA) is 77.1 Å². The first-order chi connectivity index (χ1) is 9.20. The minimum Gasteiger partial charge on any atom is -0.490 e. The molecule has 0 saturated carbocycles. The van der Waals surface area contributed by atoms with Crippen molar-refractivity contribution in [3.05, 3.63) is 28.8 Å². The summed E-state index contributed by atoms with van der Waals surface area (Å²) in [4.78, 5) is 0. The fraction of sp³-hybridized carbons (Fsp3) is 0.462. The molecule has 0 aliphatic carbocycles. The molecule has 1 unspecified atom stereocenters. The van der Waals surface area contributed by atoms with Gasteiger partial charge in [-0.3, -0.25) is 0 Å². The van der Waals surface area contributed by atoms with E-state index in [1.165, 1.54) is 0 Å². The quantitative estimate of drug-likeness (QED) is 0.385. The molecule has 1 fully saturated rings. The van der Waals surface area contributed by atoms with Crippen LogP contribution in [-0.4, -0.2) is 30.4 Å². The molecule has 2 rings (SSSR count). The number of halogens is 1. The van der Waals surface area contributed by atoms with E-state index in [4.69, 9.17) is 32.0 Å². The molecule has 6 heteroatoms. The first-order valence-electron chi connectivity index (χ1n) is 6.22. The number of nitrogens with two attached hydrogens (primary N) is 1. The maximum Gasteiger partial charge on any atom is 0.173 e. The average molecular weight is 285 g/mol. The molecule has 1 saturated heterocycles. The molecule has 0 bridgehead atoms. The van der Waals surface area contributed by atoms with Crippen molar-refractivity contribution >= 4 is 17.4 Å². The van der Waals surface area contributed by atoms with Gasteiger partial charge in [0.25, 0.3) is 0 Å². The highest BCUT2D eigenvalue weighted by atomic mass is 35.5. The van der Waals surface area contributed by atoms with Crippen LogP contribution in [0.2, 0.25) is 5.02 Å². The summed E-state index contributed by atoms with van der Waals surface area (Å²) >= 11 is 5.89. The highest BCUT2D eigenvalue weighted by Crippen LogP contribution is 2.24. The Kier molecular flexibility index (Phi) is 4.87. The molecule has 1 aliphatic rings. The Bertz CT molecular complexity index is 459. The van der Waals surface area contributed by atoms with Gasteiger partial charge < -0.3 is 20.4 Å². The van der Waals surface area contributed by atoms with Crippen molar-refractivity contribution in [2.75, 3.05) is 13.2 Å². The lowest BCUT2D eigenvalue weighted by molar-refractivity contribution is -0.0111. The van der Waals surface area contributed by atoms with Crippen molar-refractivity contribution in [2.45, 2.75) is 25.4 Å². The summed E-state index contributed by atoms with van der Waals surface area (Å²) in [5, 5.41) is 12.2. The van der Waals surface area contributed by atoms with Crippen LogP contribution in [0.5, 0.6) is 5.75 Å².